The predicted octanol–water partition coefficient (Wildman–Crippen LogP) is 1.84. The Labute approximate surface area is 92.0 Å². The Morgan fingerprint density at radius 2 is 2.14 bits per heavy atom. The summed E-state index contributed by atoms with van der Waals surface area (Å²) in [6.07, 6.45) is -0.599. The molecule has 0 unspecified atom stereocenters. The maximum Gasteiger partial charge on any atom is 0.123 e. The van der Waals surface area contributed by atoms with E-state index in [1.165, 1.54) is 0 Å². The van der Waals surface area contributed by atoms with E-state index in [-0.39, 0.29) is 0 Å². The van der Waals surface area contributed by atoms with Crippen LogP contribution in [0.2, 0.25) is 0 Å². The fraction of sp³-hybridized carbons (Fsp3) is 0.400. The lowest BCUT2D eigenvalue weighted by Crippen LogP contribution is -2.23. The summed E-state index contributed by atoms with van der Waals surface area (Å²) in [6.45, 7) is 1.66. The van der Waals surface area contributed by atoms with Crippen LogP contribution in [0.1, 0.15) is 18.5 Å². The minimum absolute atomic E-state index is 0.428. The van der Waals surface area contributed by atoms with Gasteiger partial charge in [0.25, 0.3) is 0 Å². The van der Waals surface area contributed by atoms with Gasteiger partial charge in [0.15, 0.2) is 0 Å². The Kier molecular flexibility index (Phi) is 3.92. The maximum atomic E-state index is 9.39. The molecule has 0 fully saturated rings. The molecule has 0 spiro atoms. The van der Waals surface area contributed by atoms with E-state index in [2.05, 4.69) is 15.9 Å². The molecule has 0 radical (unpaired) electrons. The van der Waals surface area contributed by atoms with Crippen LogP contribution in [0.25, 0.3) is 0 Å². The number of aliphatic hydroxyl groups excluding tert-OH is 1. The normalized spacial score (nSPS) is 14.9. The van der Waals surface area contributed by atoms with E-state index >= 15 is 0 Å². The predicted molar refractivity (Wildman–Crippen MR) is 59.3 cm³/mol. The van der Waals surface area contributed by atoms with Gasteiger partial charge in [0.1, 0.15) is 5.75 Å². The first-order valence-corrected chi connectivity index (χ1v) is 5.12. The van der Waals surface area contributed by atoms with E-state index < -0.39 is 12.1 Å². The Morgan fingerprint density at radius 1 is 1.50 bits per heavy atom. The summed E-state index contributed by atoms with van der Waals surface area (Å²) in [7, 11) is 1.58. The lowest BCUT2D eigenvalue weighted by atomic mass is 10.0. The van der Waals surface area contributed by atoms with Crippen LogP contribution in [0.5, 0.6) is 5.75 Å². The van der Waals surface area contributed by atoms with Crippen molar-refractivity contribution in [2.24, 2.45) is 5.73 Å². The zero-order valence-corrected chi connectivity index (χ0v) is 9.78. The summed E-state index contributed by atoms with van der Waals surface area (Å²) >= 11 is 3.35. The van der Waals surface area contributed by atoms with Gasteiger partial charge in [-0.15, -0.1) is 0 Å². The highest BCUT2D eigenvalue weighted by atomic mass is 79.9. The van der Waals surface area contributed by atoms with Crippen molar-refractivity contribution in [3.63, 3.8) is 0 Å². The van der Waals surface area contributed by atoms with Gasteiger partial charge in [0, 0.05) is 10.0 Å². The van der Waals surface area contributed by atoms with E-state index in [1.54, 1.807) is 14.0 Å². The first kappa shape index (κ1) is 11.5. The Hall–Kier alpha value is -0.580. The van der Waals surface area contributed by atoms with Gasteiger partial charge in [-0.1, -0.05) is 15.9 Å². The first-order chi connectivity index (χ1) is 6.56. The van der Waals surface area contributed by atoms with Gasteiger partial charge in [-0.05, 0) is 25.1 Å². The topological polar surface area (TPSA) is 55.5 Å². The van der Waals surface area contributed by atoms with Crippen molar-refractivity contribution in [1.82, 2.24) is 0 Å². The lowest BCUT2D eigenvalue weighted by Gasteiger charge is -2.18. The molecule has 1 aromatic carbocycles. The second-order valence-corrected chi connectivity index (χ2v) is 4.07. The minimum Gasteiger partial charge on any atom is -0.496 e. The first-order valence-electron chi connectivity index (χ1n) is 4.33. The highest BCUT2D eigenvalue weighted by Gasteiger charge is 2.16. The molecule has 1 rings (SSSR count). The van der Waals surface area contributed by atoms with E-state index in [1.807, 2.05) is 18.2 Å². The second kappa shape index (κ2) is 4.77. The third-order valence-electron chi connectivity index (χ3n) is 2.07. The molecule has 0 bridgehead atoms. The molecular formula is C10H14BrNO2. The lowest BCUT2D eigenvalue weighted by molar-refractivity contribution is 0.162. The summed E-state index contributed by atoms with van der Waals surface area (Å²) in [5.74, 6) is 0.696. The number of hydrogen-bond acceptors (Lipinski definition) is 3. The molecule has 0 saturated carbocycles. The molecule has 3 nitrogen and oxygen atoms in total. The van der Waals surface area contributed by atoms with Crippen molar-refractivity contribution >= 4 is 15.9 Å². The summed E-state index contributed by atoms with van der Waals surface area (Å²) in [4.78, 5) is 0. The quantitative estimate of drug-likeness (QED) is 0.871. The number of aliphatic hydroxyl groups is 1. The molecule has 0 heterocycles. The minimum atomic E-state index is -0.599. The fourth-order valence-electron chi connectivity index (χ4n) is 1.23. The number of methoxy groups -OCH3 is 1. The second-order valence-electron chi connectivity index (χ2n) is 3.15. The van der Waals surface area contributed by atoms with Gasteiger partial charge in [0.2, 0.25) is 0 Å². The third kappa shape index (κ3) is 2.47. The molecule has 0 aliphatic rings. The van der Waals surface area contributed by atoms with Gasteiger partial charge >= 0.3 is 0 Å². The highest BCUT2D eigenvalue weighted by Crippen LogP contribution is 2.28. The highest BCUT2D eigenvalue weighted by molar-refractivity contribution is 9.10. The zero-order valence-electron chi connectivity index (χ0n) is 8.20. The molecule has 2 atom stereocenters. The molecule has 4 heteroatoms. The van der Waals surface area contributed by atoms with E-state index in [0.717, 1.165) is 10.0 Å². The van der Waals surface area contributed by atoms with Crippen molar-refractivity contribution in [3.05, 3.63) is 28.2 Å². The van der Waals surface area contributed by atoms with Crippen molar-refractivity contribution < 1.29 is 9.84 Å². The SMILES string of the molecule is COc1ccc(Br)cc1[C@H](N)[C@H](C)O. The number of hydrogen-bond donors (Lipinski definition) is 2. The van der Waals surface area contributed by atoms with E-state index in [4.69, 9.17) is 10.5 Å². The van der Waals surface area contributed by atoms with Crippen molar-refractivity contribution in [1.29, 1.82) is 0 Å². The van der Waals surface area contributed by atoms with Crippen molar-refractivity contribution in [2.75, 3.05) is 7.11 Å². The smallest absolute Gasteiger partial charge is 0.123 e. The summed E-state index contributed by atoms with van der Waals surface area (Å²) < 4.78 is 6.08. The molecule has 1 aromatic rings. The van der Waals surface area contributed by atoms with Gasteiger partial charge < -0.3 is 15.6 Å². The van der Waals surface area contributed by atoms with Gasteiger partial charge in [-0.25, -0.2) is 0 Å². The van der Waals surface area contributed by atoms with Crippen molar-refractivity contribution in [3.8, 4) is 5.75 Å². The Bertz CT molecular complexity index is 315. The number of halogens is 1. The summed E-state index contributed by atoms with van der Waals surface area (Å²) in [5.41, 5.74) is 6.63. The summed E-state index contributed by atoms with van der Waals surface area (Å²) in [6, 6.07) is 5.12. The largest absolute Gasteiger partial charge is 0.496 e. The molecule has 0 aliphatic carbocycles. The fourth-order valence-corrected chi connectivity index (χ4v) is 1.60. The van der Waals surface area contributed by atoms with E-state index in [0.29, 0.717) is 5.75 Å². The third-order valence-corrected chi connectivity index (χ3v) is 2.56. The monoisotopic (exact) mass is 259 g/mol. The van der Waals surface area contributed by atoms with Crippen LogP contribution in [0, 0.1) is 0 Å². The number of benzene rings is 1. The van der Waals surface area contributed by atoms with Crippen LogP contribution >= 0.6 is 15.9 Å². The van der Waals surface area contributed by atoms with Crippen LogP contribution in [-0.4, -0.2) is 18.3 Å². The van der Waals surface area contributed by atoms with Crippen LogP contribution in [0.4, 0.5) is 0 Å². The molecule has 78 valence electrons. The van der Waals surface area contributed by atoms with Crippen molar-refractivity contribution in [2.45, 2.75) is 19.1 Å². The van der Waals surface area contributed by atoms with Crippen LogP contribution in [0.3, 0.4) is 0 Å². The standard InChI is InChI=1S/C10H14BrNO2/c1-6(13)10(12)8-5-7(11)3-4-9(8)14-2/h3-6,10,13H,12H2,1-2H3/t6-,10+/m0/s1. The van der Waals surface area contributed by atoms with Gasteiger partial charge in [0.05, 0.1) is 19.3 Å². The van der Waals surface area contributed by atoms with Crippen LogP contribution < -0.4 is 10.5 Å². The van der Waals surface area contributed by atoms with Gasteiger partial charge in [-0.3, -0.25) is 0 Å². The molecule has 0 amide bonds. The zero-order chi connectivity index (χ0) is 10.7. The number of nitrogens with two attached hydrogens (primary N) is 1. The maximum absolute atomic E-state index is 9.39. The molecule has 14 heavy (non-hydrogen) atoms. The molecule has 0 saturated heterocycles. The van der Waals surface area contributed by atoms with Gasteiger partial charge in [-0.2, -0.15) is 0 Å². The van der Waals surface area contributed by atoms with E-state index in [9.17, 15) is 5.11 Å². The van der Waals surface area contributed by atoms with Crippen LogP contribution in [0.15, 0.2) is 22.7 Å². The van der Waals surface area contributed by atoms with Crippen LogP contribution in [-0.2, 0) is 0 Å². The average Bonchev–Trinajstić information content (AvgIpc) is 2.16. The number of rotatable bonds is 3. The average molecular weight is 260 g/mol. The molecule has 3 N–H and O–H groups in total. The molecule has 0 aliphatic heterocycles. The molecular weight excluding hydrogens is 246 g/mol. The Morgan fingerprint density at radius 3 is 2.64 bits per heavy atom. The Balaban J connectivity index is 3.10. The molecule has 0 aromatic heterocycles. The summed E-state index contributed by atoms with van der Waals surface area (Å²) in [5, 5.41) is 9.39. The number of ether oxygens (including phenoxy) is 1.